The molecule has 0 spiro atoms. The van der Waals surface area contributed by atoms with Gasteiger partial charge in [-0.05, 0) is 6.92 Å². The van der Waals surface area contributed by atoms with Crippen molar-refractivity contribution in [1.82, 2.24) is 10.9 Å². The van der Waals surface area contributed by atoms with Gasteiger partial charge in [0.15, 0.2) is 0 Å². The molecule has 0 saturated carbocycles. The van der Waals surface area contributed by atoms with Crippen molar-refractivity contribution >= 4 is 5.84 Å². The van der Waals surface area contributed by atoms with Crippen LogP contribution in [-0.4, -0.2) is 18.9 Å². The van der Waals surface area contributed by atoms with Crippen LogP contribution in [0.15, 0.2) is 4.99 Å². The maximum absolute atomic E-state index is 4.07. The normalized spacial score (nSPS) is 20.4. The van der Waals surface area contributed by atoms with Crippen molar-refractivity contribution in [1.29, 1.82) is 0 Å². The second kappa shape index (κ2) is 1.93. The molecule has 40 valence electrons. The van der Waals surface area contributed by atoms with Gasteiger partial charge in [-0.3, -0.25) is 4.99 Å². The van der Waals surface area contributed by atoms with Gasteiger partial charge < -0.3 is 5.43 Å². The van der Waals surface area contributed by atoms with Crippen LogP contribution in [0.1, 0.15) is 6.92 Å². The lowest BCUT2D eigenvalue weighted by atomic mass is 10.6. The fraction of sp³-hybridized carbons (Fsp3) is 0.750. The molecule has 1 rings (SSSR count). The lowest BCUT2D eigenvalue weighted by Gasteiger charge is -2.10. The molecule has 0 atom stereocenters. The Kier molecular flexibility index (Phi) is 1.26. The Morgan fingerprint density at radius 3 is 2.86 bits per heavy atom. The summed E-state index contributed by atoms with van der Waals surface area (Å²) in [6, 6.07) is 0. The van der Waals surface area contributed by atoms with Crippen molar-refractivity contribution in [2.24, 2.45) is 4.99 Å². The quantitative estimate of drug-likeness (QED) is 0.430. The molecule has 0 aliphatic carbocycles. The van der Waals surface area contributed by atoms with Gasteiger partial charge >= 0.3 is 0 Å². The Hall–Kier alpha value is -0.570. The van der Waals surface area contributed by atoms with E-state index in [9.17, 15) is 0 Å². The molecule has 1 aliphatic rings. The molecule has 0 saturated heterocycles. The number of rotatable bonds is 0. The van der Waals surface area contributed by atoms with Crippen molar-refractivity contribution in [2.45, 2.75) is 6.92 Å². The Bertz CT molecular complexity index is 86.9. The molecule has 3 nitrogen and oxygen atoms in total. The van der Waals surface area contributed by atoms with E-state index in [1.54, 1.807) is 0 Å². The van der Waals surface area contributed by atoms with Crippen LogP contribution in [0.3, 0.4) is 0 Å². The van der Waals surface area contributed by atoms with Gasteiger partial charge in [-0.15, -0.1) is 0 Å². The third-order valence-corrected chi connectivity index (χ3v) is 0.855. The highest BCUT2D eigenvalue weighted by molar-refractivity contribution is 5.79. The smallest absolute Gasteiger partial charge is 0.107 e. The lowest BCUT2D eigenvalue weighted by molar-refractivity contribution is 0.624. The highest BCUT2D eigenvalue weighted by Crippen LogP contribution is 1.75. The fourth-order valence-corrected chi connectivity index (χ4v) is 0.509. The van der Waals surface area contributed by atoms with E-state index in [4.69, 9.17) is 0 Å². The Morgan fingerprint density at radius 1 is 1.71 bits per heavy atom. The standard InChI is InChI=1S/C4H9N3/c1-4-5-2-3-6-7-4/h6H,2-3H2,1H3,(H,5,7). The number of nitrogens with zero attached hydrogens (tertiary/aromatic N) is 1. The first-order valence-corrected chi connectivity index (χ1v) is 2.39. The number of hydrogen-bond acceptors (Lipinski definition) is 3. The van der Waals surface area contributed by atoms with Crippen LogP contribution in [-0.2, 0) is 0 Å². The minimum absolute atomic E-state index is 0.902. The minimum atomic E-state index is 0.902. The Labute approximate surface area is 42.8 Å². The second-order valence-corrected chi connectivity index (χ2v) is 1.52. The molecule has 0 aromatic carbocycles. The predicted octanol–water partition coefficient (Wildman–Crippen LogP) is -0.487. The summed E-state index contributed by atoms with van der Waals surface area (Å²) < 4.78 is 0. The summed E-state index contributed by atoms with van der Waals surface area (Å²) >= 11 is 0. The van der Waals surface area contributed by atoms with E-state index >= 15 is 0 Å². The molecule has 0 fully saturated rings. The predicted molar refractivity (Wildman–Crippen MR) is 29.1 cm³/mol. The average Bonchev–Trinajstić information content (AvgIpc) is 1.69. The number of hydrogen-bond donors (Lipinski definition) is 2. The van der Waals surface area contributed by atoms with E-state index in [0.717, 1.165) is 18.9 Å². The van der Waals surface area contributed by atoms with Crippen molar-refractivity contribution in [3.05, 3.63) is 0 Å². The molecule has 0 aromatic rings. The average molecular weight is 99.1 g/mol. The highest BCUT2D eigenvalue weighted by Gasteiger charge is 1.92. The maximum Gasteiger partial charge on any atom is 0.107 e. The molecule has 1 aliphatic heterocycles. The molecule has 3 heteroatoms. The van der Waals surface area contributed by atoms with Crippen molar-refractivity contribution < 1.29 is 0 Å². The van der Waals surface area contributed by atoms with E-state index < -0.39 is 0 Å². The number of aliphatic imine (C=N–C) groups is 1. The van der Waals surface area contributed by atoms with E-state index in [1.165, 1.54) is 0 Å². The Balaban J connectivity index is 2.40. The zero-order valence-electron chi connectivity index (χ0n) is 4.36. The molecule has 0 bridgehead atoms. The van der Waals surface area contributed by atoms with E-state index in [0.29, 0.717) is 0 Å². The van der Waals surface area contributed by atoms with E-state index in [1.807, 2.05) is 6.92 Å². The van der Waals surface area contributed by atoms with Gasteiger partial charge in [-0.2, -0.15) is 0 Å². The first kappa shape index (κ1) is 4.59. The Morgan fingerprint density at radius 2 is 2.57 bits per heavy atom. The van der Waals surface area contributed by atoms with Gasteiger partial charge in [0.05, 0.1) is 6.54 Å². The largest absolute Gasteiger partial charge is 0.310 e. The topological polar surface area (TPSA) is 36.4 Å². The van der Waals surface area contributed by atoms with Crippen LogP contribution < -0.4 is 10.9 Å². The zero-order chi connectivity index (χ0) is 5.11. The summed E-state index contributed by atoms with van der Waals surface area (Å²) in [6.07, 6.45) is 0. The van der Waals surface area contributed by atoms with Gasteiger partial charge in [0.1, 0.15) is 5.84 Å². The summed E-state index contributed by atoms with van der Waals surface area (Å²) in [7, 11) is 0. The van der Waals surface area contributed by atoms with Crippen LogP contribution in [0.2, 0.25) is 0 Å². The minimum Gasteiger partial charge on any atom is -0.310 e. The van der Waals surface area contributed by atoms with Crippen molar-refractivity contribution in [3.8, 4) is 0 Å². The molecule has 7 heavy (non-hydrogen) atoms. The van der Waals surface area contributed by atoms with Gasteiger partial charge in [-0.1, -0.05) is 0 Å². The number of hydrazine groups is 1. The molecule has 0 radical (unpaired) electrons. The summed E-state index contributed by atoms with van der Waals surface area (Å²) in [4.78, 5) is 4.07. The van der Waals surface area contributed by atoms with Crippen LogP contribution in [0.4, 0.5) is 0 Å². The molecule has 1 heterocycles. The SMILES string of the molecule is CC1=NCCNN1. The van der Waals surface area contributed by atoms with Crippen LogP contribution in [0, 0.1) is 0 Å². The molecular weight excluding hydrogens is 90.1 g/mol. The van der Waals surface area contributed by atoms with Crippen LogP contribution >= 0.6 is 0 Å². The molecule has 0 amide bonds. The van der Waals surface area contributed by atoms with Gasteiger partial charge in [0, 0.05) is 6.54 Å². The molecule has 2 N–H and O–H groups in total. The van der Waals surface area contributed by atoms with E-state index in [2.05, 4.69) is 15.8 Å². The van der Waals surface area contributed by atoms with Crippen LogP contribution in [0.5, 0.6) is 0 Å². The number of amidine groups is 1. The highest BCUT2D eigenvalue weighted by atomic mass is 15.4. The first-order chi connectivity index (χ1) is 3.39. The van der Waals surface area contributed by atoms with Crippen molar-refractivity contribution in [3.63, 3.8) is 0 Å². The van der Waals surface area contributed by atoms with E-state index in [-0.39, 0.29) is 0 Å². The first-order valence-electron chi connectivity index (χ1n) is 2.39. The van der Waals surface area contributed by atoms with Crippen molar-refractivity contribution in [2.75, 3.05) is 13.1 Å². The molecule has 0 unspecified atom stereocenters. The summed E-state index contributed by atoms with van der Waals surface area (Å²) in [6.45, 7) is 3.78. The second-order valence-electron chi connectivity index (χ2n) is 1.52. The summed E-state index contributed by atoms with van der Waals surface area (Å²) in [5, 5.41) is 0. The third kappa shape index (κ3) is 1.16. The zero-order valence-corrected chi connectivity index (χ0v) is 4.36. The van der Waals surface area contributed by atoms with Gasteiger partial charge in [0.25, 0.3) is 0 Å². The fourth-order valence-electron chi connectivity index (χ4n) is 0.509. The molecule has 0 aromatic heterocycles. The number of nitrogens with one attached hydrogen (secondary N) is 2. The monoisotopic (exact) mass is 99.1 g/mol. The van der Waals surface area contributed by atoms with Gasteiger partial charge in [-0.25, -0.2) is 5.43 Å². The summed E-state index contributed by atoms with van der Waals surface area (Å²) in [5.41, 5.74) is 5.84. The maximum atomic E-state index is 4.07. The lowest BCUT2D eigenvalue weighted by Crippen LogP contribution is -2.41. The van der Waals surface area contributed by atoms with Crippen LogP contribution in [0.25, 0.3) is 0 Å². The van der Waals surface area contributed by atoms with Gasteiger partial charge in [0.2, 0.25) is 0 Å². The summed E-state index contributed by atoms with van der Waals surface area (Å²) in [5.74, 6) is 0.978. The molecular formula is C4H9N3. The third-order valence-electron chi connectivity index (χ3n) is 0.855.